The molecule has 0 bridgehead atoms. The molecule has 0 aliphatic carbocycles. The van der Waals surface area contributed by atoms with Crippen LogP contribution in [0.5, 0.6) is 0 Å². The van der Waals surface area contributed by atoms with E-state index in [1.807, 2.05) is 38.4 Å². The third kappa shape index (κ3) is 3.70. The predicted molar refractivity (Wildman–Crippen MR) is 124 cm³/mol. The van der Waals surface area contributed by atoms with Gasteiger partial charge in [-0.2, -0.15) is 9.50 Å². The number of hydrogen-bond donors (Lipinski definition) is 2. The van der Waals surface area contributed by atoms with Gasteiger partial charge in [-0.3, -0.25) is 9.69 Å². The summed E-state index contributed by atoms with van der Waals surface area (Å²) in [6.45, 7) is 3.48. The Hall–Kier alpha value is -3.40. The number of carbonyl (C=O) groups excluding carboxylic acids is 1. The minimum Gasteiger partial charge on any atom is -0.382 e. The fourth-order valence-corrected chi connectivity index (χ4v) is 4.43. The number of anilines is 4. The number of aromatic nitrogens is 4. The van der Waals surface area contributed by atoms with Gasteiger partial charge in [0, 0.05) is 38.9 Å². The quantitative estimate of drug-likeness (QED) is 0.640. The molecule has 1 amide bonds. The van der Waals surface area contributed by atoms with Crippen molar-refractivity contribution in [2.24, 2.45) is 0 Å². The lowest BCUT2D eigenvalue weighted by molar-refractivity contribution is -0.139. The first-order valence-electron chi connectivity index (χ1n) is 11.1. The highest BCUT2D eigenvalue weighted by Crippen LogP contribution is 2.28. The number of likely N-dealkylation sites (N-methyl/N-ethyl adjacent to an activating group) is 2. The standard InChI is InChI=1S/C22H29N9O/c1-28-12-13-29(2)21(32)18(28)15-6-8-16(9-7-15)25-19-20-24-14-17(23)31(20)27-22(26-19)30-10-4-3-5-11-30/h6-9,14,18H,3-5,10-13,23H2,1-2H3,(H,25,26,27). The second-order valence-corrected chi connectivity index (χ2v) is 8.62. The van der Waals surface area contributed by atoms with E-state index >= 15 is 0 Å². The fraction of sp³-hybridized carbons (Fsp3) is 0.455. The molecule has 0 spiro atoms. The van der Waals surface area contributed by atoms with Crippen LogP contribution in [-0.2, 0) is 4.79 Å². The zero-order chi connectivity index (χ0) is 22.2. The molecule has 168 valence electrons. The van der Waals surface area contributed by atoms with Gasteiger partial charge in [0.2, 0.25) is 11.9 Å². The molecule has 10 heteroatoms. The molecule has 2 fully saturated rings. The number of piperidine rings is 1. The molecular formula is C22H29N9O. The number of nitrogens with zero attached hydrogens (tertiary/aromatic N) is 7. The number of carbonyl (C=O) groups is 1. The molecular weight excluding hydrogens is 406 g/mol. The van der Waals surface area contributed by atoms with Gasteiger partial charge in [0.15, 0.2) is 11.5 Å². The van der Waals surface area contributed by atoms with Crippen LogP contribution in [-0.4, -0.2) is 75.6 Å². The highest BCUT2D eigenvalue weighted by molar-refractivity contribution is 5.84. The van der Waals surface area contributed by atoms with Gasteiger partial charge in [0.05, 0.1) is 6.20 Å². The number of nitrogens with two attached hydrogens (primary N) is 1. The third-order valence-electron chi connectivity index (χ3n) is 6.34. The van der Waals surface area contributed by atoms with Crippen molar-refractivity contribution < 1.29 is 4.79 Å². The Morgan fingerprint density at radius 2 is 1.78 bits per heavy atom. The van der Waals surface area contributed by atoms with Crippen molar-refractivity contribution in [3.63, 3.8) is 0 Å². The molecule has 1 atom stereocenters. The topological polar surface area (TPSA) is 108 Å². The Balaban J connectivity index is 1.43. The molecule has 3 N–H and O–H groups in total. The summed E-state index contributed by atoms with van der Waals surface area (Å²) in [4.78, 5) is 27.9. The number of amides is 1. The minimum absolute atomic E-state index is 0.121. The van der Waals surface area contributed by atoms with Crippen LogP contribution in [0.3, 0.4) is 0 Å². The van der Waals surface area contributed by atoms with Crippen molar-refractivity contribution in [2.45, 2.75) is 25.3 Å². The lowest BCUT2D eigenvalue weighted by atomic mass is 10.0. The van der Waals surface area contributed by atoms with Crippen LogP contribution in [0.4, 0.5) is 23.3 Å². The van der Waals surface area contributed by atoms with Gasteiger partial charge in [-0.25, -0.2) is 4.98 Å². The van der Waals surface area contributed by atoms with Gasteiger partial charge in [0.25, 0.3) is 0 Å². The molecule has 2 saturated heterocycles. The number of nitrogens with one attached hydrogen (secondary N) is 1. The number of rotatable bonds is 4. The Kier molecular flexibility index (Phi) is 5.30. The van der Waals surface area contributed by atoms with Crippen molar-refractivity contribution in [3.05, 3.63) is 36.0 Å². The van der Waals surface area contributed by atoms with Gasteiger partial charge in [-0.05, 0) is 44.0 Å². The van der Waals surface area contributed by atoms with E-state index in [9.17, 15) is 4.79 Å². The van der Waals surface area contributed by atoms with E-state index in [0.29, 0.717) is 23.2 Å². The summed E-state index contributed by atoms with van der Waals surface area (Å²) >= 11 is 0. The molecule has 4 heterocycles. The summed E-state index contributed by atoms with van der Waals surface area (Å²) in [6.07, 6.45) is 5.10. The van der Waals surface area contributed by atoms with Crippen molar-refractivity contribution in [3.8, 4) is 0 Å². The lowest BCUT2D eigenvalue weighted by Crippen LogP contribution is -2.48. The monoisotopic (exact) mass is 435 g/mol. The van der Waals surface area contributed by atoms with Crippen LogP contribution in [0.25, 0.3) is 5.65 Å². The molecule has 0 radical (unpaired) electrons. The maximum atomic E-state index is 12.7. The Labute approximate surface area is 187 Å². The van der Waals surface area contributed by atoms with Gasteiger partial charge in [-0.15, -0.1) is 5.10 Å². The van der Waals surface area contributed by atoms with Crippen LogP contribution < -0.4 is 16.0 Å². The minimum atomic E-state index is -0.258. The van der Waals surface area contributed by atoms with Crippen LogP contribution >= 0.6 is 0 Å². The second kappa shape index (κ2) is 8.27. The van der Waals surface area contributed by atoms with Crippen molar-refractivity contribution in [2.75, 3.05) is 56.2 Å². The third-order valence-corrected chi connectivity index (χ3v) is 6.34. The first-order valence-corrected chi connectivity index (χ1v) is 11.1. The first kappa shape index (κ1) is 20.5. The van der Waals surface area contributed by atoms with Crippen LogP contribution in [0.2, 0.25) is 0 Å². The highest BCUT2D eigenvalue weighted by Gasteiger charge is 2.31. The van der Waals surface area contributed by atoms with E-state index in [1.165, 1.54) is 6.42 Å². The van der Waals surface area contributed by atoms with Crippen LogP contribution in [0.1, 0.15) is 30.9 Å². The normalized spacial score (nSPS) is 20.2. The summed E-state index contributed by atoms with van der Waals surface area (Å²) < 4.78 is 1.64. The maximum absolute atomic E-state index is 12.7. The molecule has 32 heavy (non-hydrogen) atoms. The first-order chi connectivity index (χ1) is 15.5. The Morgan fingerprint density at radius 1 is 1.03 bits per heavy atom. The predicted octanol–water partition coefficient (Wildman–Crippen LogP) is 1.89. The molecule has 2 aliphatic heterocycles. The van der Waals surface area contributed by atoms with E-state index in [-0.39, 0.29) is 11.9 Å². The van der Waals surface area contributed by atoms with Gasteiger partial charge < -0.3 is 20.9 Å². The molecule has 3 aromatic rings. The van der Waals surface area contributed by atoms with Crippen LogP contribution in [0.15, 0.2) is 30.5 Å². The number of hydrogen-bond acceptors (Lipinski definition) is 8. The number of nitrogen functional groups attached to an aromatic ring is 1. The maximum Gasteiger partial charge on any atom is 0.245 e. The van der Waals surface area contributed by atoms with E-state index in [2.05, 4.69) is 25.2 Å². The molecule has 2 aliphatic rings. The molecule has 1 aromatic carbocycles. The highest BCUT2D eigenvalue weighted by atomic mass is 16.2. The summed E-state index contributed by atoms with van der Waals surface area (Å²) in [6, 6.07) is 7.66. The van der Waals surface area contributed by atoms with E-state index in [1.54, 1.807) is 15.6 Å². The smallest absolute Gasteiger partial charge is 0.245 e. The summed E-state index contributed by atoms with van der Waals surface area (Å²) in [5.41, 5.74) is 8.51. The average molecular weight is 436 g/mol. The number of benzene rings is 1. The molecule has 10 nitrogen and oxygen atoms in total. The van der Waals surface area contributed by atoms with Gasteiger partial charge in [0.1, 0.15) is 11.9 Å². The van der Waals surface area contributed by atoms with E-state index in [4.69, 9.17) is 10.7 Å². The molecule has 5 rings (SSSR count). The summed E-state index contributed by atoms with van der Waals surface area (Å²) in [7, 11) is 3.85. The largest absolute Gasteiger partial charge is 0.382 e. The fourth-order valence-electron chi connectivity index (χ4n) is 4.43. The Bertz CT molecular complexity index is 1120. The average Bonchev–Trinajstić information content (AvgIpc) is 3.19. The summed E-state index contributed by atoms with van der Waals surface area (Å²) in [5, 5.41) is 7.99. The van der Waals surface area contributed by atoms with Gasteiger partial charge >= 0.3 is 0 Å². The zero-order valence-electron chi connectivity index (χ0n) is 18.5. The second-order valence-electron chi connectivity index (χ2n) is 8.62. The number of fused-ring (bicyclic) bond motifs is 1. The van der Waals surface area contributed by atoms with Crippen molar-refractivity contribution in [1.82, 2.24) is 29.4 Å². The summed E-state index contributed by atoms with van der Waals surface area (Å²) in [5.74, 6) is 1.85. The van der Waals surface area contributed by atoms with Crippen LogP contribution in [0, 0.1) is 0 Å². The molecule has 2 aromatic heterocycles. The molecule has 1 unspecified atom stereocenters. The number of imidazole rings is 1. The van der Waals surface area contributed by atoms with Gasteiger partial charge in [-0.1, -0.05) is 12.1 Å². The Morgan fingerprint density at radius 3 is 2.53 bits per heavy atom. The van der Waals surface area contributed by atoms with E-state index in [0.717, 1.165) is 50.3 Å². The lowest BCUT2D eigenvalue weighted by Gasteiger charge is -2.37. The number of piperazine rings is 1. The van der Waals surface area contributed by atoms with E-state index < -0.39 is 0 Å². The molecule has 0 saturated carbocycles. The van der Waals surface area contributed by atoms with Crippen molar-refractivity contribution in [1.29, 1.82) is 0 Å². The zero-order valence-corrected chi connectivity index (χ0v) is 18.5. The SMILES string of the molecule is CN1CCN(C)C(c2ccc(Nc3nc(N4CCCCC4)nn4c(N)cnc34)cc2)C1=O. The van der Waals surface area contributed by atoms with Crippen molar-refractivity contribution >= 4 is 34.8 Å².